The van der Waals surface area contributed by atoms with Gasteiger partial charge < -0.3 is 14.5 Å². The zero-order chi connectivity index (χ0) is 15.5. The molecule has 3 rings (SSSR count). The molecule has 4 heteroatoms. The van der Waals surface area contributed by atoms with E-state index < -0.39 is 0 Å². The maximum Gasteiger partial charge on any atom is 0.248 e. The molecule has 1 saturated carbocycles. The molecule has 1 heterocycles. The van der Waals surface area contributed by atoms with E-state index in [1.165, 1.54) is 12.8 Å². The van der Waals surface area contributed by atoms with Crippen LogP contribution in [0.25, 0.3) is 0 Å². The van der Waals surface area contributed by atoms with Crippen LogP contribution in [0.4, 0.5) is 0 Å². The van der Waals surface area contributed by atoms with Gasteiger partial charge in [-0.25, -0.2) is 0 Å². The summed E-state index contributed by atoms with van der Waals surface area (Å²) in [6.07, 6.45) is 2.67. The van der Waals surface area contributed by atoms with E-state index >= 15 is 0 Å². The van der Waals surface area contributed by atoms with Crippen LogP contribution in [-0.2, 0) is 16.1 Å². The predicted octanol–water partition coefficient (Wildman–Crippen LogP) is 2.00. The van der Waals surface area contributed by atoms with Crippen LogP contribution in [0.5, 0.6) is 0 Å². The number of likely N-dealkylation sites (N-methyl/N-ethyl adjacent to an activating group) is 1. The molecular weight excluding hydrogens is 276 g/mol. The van der Waals surface area contributed by atoms with Gasteiger partial charge in [0.2, 0.25) is 5.91 Å². The van der Waals surface area contributed by atoms with Crippen LogP contribution < -0.4 is 0 Å². The Bertz CT molecular complexity index is 489. The van der Waals surface area contributed by atoms with Crippen LogP contribution in [0.1, 0.15) is 18.4 Å². The summed E-state index contributed by atoms with van der Waals surface area (Å²) in [7, 11) is 4.25. The molecule has 0 aromatic heterocycles. The van der Waals surface area contributed by atoms with Crippen LogP contribution in [0, 0.1) is 11.8 Å². The Morgan fingerprint density at radius 3 is 2.59 bits per heavy atom. The molecule has 22 heavy (non-hydrogen) atoms. The van der Waals surface area contributed by atoms with Gasteiger partial charge >= 0.3 is 0 Å². The normalized spacial score (nSPS) is 25.0. The third-order valence-corrected chi connectivity index (χ3v) is 4.91. The number of hydrogen-bond acceptors (Lipinski definition) is 3. The van der Waals surface area contributed by atoms with E-state index in [4.69, 9.17) is 4.74 Å². The van der Waals surface area contributed by atoms with Crippen LogP contribution in [0.2, 0.25) is 0 Å². The molecule has 1 amide bonds. The first-order chi connectivity index (χ1) is 10.6. The Morgan fingerprint density at radius 2 is 1.95 bits per heavy atom. The number of ether oxygens (including phenoxy) is 1. The molecule has 0 bridgehead atoms. The molecule has 2 fully saturated rings. The Morgan fingerprint density at radius 1 is 1.23 bits per heavy atom. The summed E-state index contributed by atoms with van der Waals surface area (Å²) in [5.74, 6) is 1.61. The van der Waals surface area contributed by atoms with Gasteiger partial charge in [0.15, 0.2) is 0 Å². The minimum atomic E-state index is 0.130. The third-order valence-electron chi connectivity index (χ3n) is 4.91. The molecule has 2 atom stereocenters. The van der Waals surface area contributed by atoms with E-state index in [-0.39, 0.29) is 12.5 Å². The van der Waals surface area contributed by atoms with Gasteiger partial charge in [-0.05, 0) is 44.3 Å². The lowest BCUT2D eigenvalue weighted by molar-refractivity contribution is -0.135. The summed E-state index contributed by atoms with van der Waals surface area (Å²) < 4.78 is 5.60. The van der Waals surface area contributed by atoms with Gasteiger partial charge in [0.05, 0.1) is 6.61 Å². The average Bonchev–Trinajstić information content (AvgIpc) is 3.26. The van der Waals surface area contributed by atoms with Crippen molar-refractivity contribution in [2.24, 2.45) is 11.8 Å². The highest BCUT2D eigenvalue weighted by atomic mass is 16.5. The summed E-state index contributed by atoms with van der Waals surface area (Å²) in [5, 5.41) is 0. The monoisotopic (exact) mass is 302 g/mol. The SMILES string of the molecule is CN(C)[C@H]1CN(C(=O)COCc2ccccc2)C[C@@H]1C1CC1. The van der Waals surface area contributed by atoms with Gasteiger partial charge in [-0.1, -0.05) is 30.3 Å². The minimum Gasteiger partial charge on any atom is -0.367 e. The van der Waals surface area contributed by atoms with Crippen molar-refractivity contribution in [3.63, 3.8) is 0 Å². The molecule has 0 unspecified atom stereocenters. The topological polar surface area (TPSA) is 32.8 Å². The average molecular weight is 302 g/mol. The Labute approximate surface area is 133 Å². The highest BCUT2D eigenvalue weighted by Gasteiger charge is 2.44. The van der Waals surface area contributed by atoms with Crippen LogP contribution in [0.15, 0.2) is 30.3 Å². The third kappa shape index (κ3) is 3.68. The van der Waals surface area contributed by atoms with Gasteiger partial charge in [-0.15, -0.1) is 0 Å². The molecule has 0 N–H and O–H groups in total. The smallest absolute Gasteiger partial charge is 0.248 e. The zero-order valence-corrected chi connectivity index (χ0v) is 13.6. The second-order valence-electron chi connectivity index (χ2n) is 6.81. The number of hydrogen-bond donors (Lipinski definition) is 0. The maximum atomic E-state index is 12.4. The largest absolute Gasteiger partial charge is 0.367 e. The van der Waals surface area contributed by atoms with Crippen molar-refractivity contribution in [3.05, 3.63) is 35.9 Å². The van der Waals surface area contributed by atoms with E-state index in [0.29, 0.717) is 18.6 Å². The van der Waals surface area contributed by atoms with E-state index in [9.17, 15) is 4.79 Å². The molecule has 4 nitrogen and oxygen atoms in total. The van der Waals surface area contributed by atoms with Gasteiger partial charge in [-0.3, -0.25) is 4.79 Å². The number of benzene rings is 1. The number of rotatable bonds is 6. The maximum absolute atomic E-state index is 12.4. The van der Waals surface area contributed by atoms with E-state index in [2.05, 4.69) is 19.0 Å². The standard InChI is InChI=1S/C18H26N2O2/c1-19(2)17-11-20(10-16(17)15-8-9-15)18(21)13-22-12-14-6-4-3-5-7-14/h3-7,15-17H,8-13H2,1-2H3/t16-,17+/m1/s1. The van der Waals surface area contributed by atoms with Crippen molar-refractivity contribution in [3.8, 4) is 0 Å². The molecule has 2 aliphatic rings. The Hall–Kier alpha value is -1.39. The van der Waals surface area contributed by atoms with E-state index in [0.717, 1.165) is 24.6 Å². The lowest BCUT2D eigenvalue weighted by Crippen LogP contribution is -2.37. The summed E-state index contributed by atoms with van der Waals surface area (Å²) >= 11 is 0. The van der Waals surface area contributed by atoms with Crippen molar-refractivity contribution in [2.45, 2.75) is 25.5 Å². The number of nitrogens with zero attached hydrogens (tertiary/aromatic N) is 2. The molecule has 1 saturated heterocycles. The number of carbonyl (C=O) groups excluding carboxylic acids is 1. The summed E-state index contributed by atoms with van der Waals surface area (Å²) in [4.78, 5) is 16.7. The van der Waals surface area contributed by atoms with Crippen molar-refractivity contribution in [1.29, 1.82) is 0 Å². The van der Waals surface area contributed by atoms with Gasteiger partial charge in [-0.2, -0.15) is 0 Å². The molecule has 0 spiro atoms. The first kappa shape index (κ1) is 15.5. The molecule has 1 aliphatic heterocycles. The van der Waals surface area contributed by atoms with E-state index in [1.54, 1.807) is 0 Å². The quantitative estimate of drug-likeness (QED) is 0.806. The summed E-state index contributed by atoms with van der Waals surface area (Å²) in [6.45, 7) is 2.44. The Balaban J connectivity index is 1.48. The first-order valence-electron chi connectivity index (χ1n) is 8.21. The zero-order valence-electron chi connectivity index (χ0n) is 13.6. The van der Waals surface area contributed by atoms with E-state index in [1.807, 2.05) is 35.2 Å². The minimum absolute atomic E-state index is 0.130. The van der Waals surface area contributed by atoms with Crippen molar-refractivity contribution >= 4 is 5.91 Å². The molecule has 1 aliphatic carbocycles. The predicted molar refractivity (Wildman–Crippen MR) is 86.4 cm³/mol. The number of amides is 1. The van der Waals surface area contributed by atoms with Crippen LogP contribution >= 0.6 is 0 Å². The van der Waals surface area contributed by atoms with Gasteiger partial charge in [0.25, 0.3) is 0 Å². The lowest BCUT2D eigenvalue weighted by atomic mass is 9.97. The fourth-order valence-electron chi connectivity index (χ4n) is 3.47. The second-order valence-corrected chi connectivity index (χ2v) is 6.81. The van der Waals surface area contributed by atoms with Crippen LogP contribution in [-0.4, -0.2) is 55.5 Å². The van der Waals surface area contributed by atoms with Crippen molar-refractivity contribution in [1.82, 2.24) is 9.80 Å². The molecule has 120 valence electrons. The Kier molecular flexibility index (Phi) is 4.79. The van der Waals surface area contributed by atoms with Crippen molar-refractivity contribution in [2.75, 3.05) is 33.8 Å². The summed E-state index contributed by atoms with van der Waals surface area (Å²) in [6, 6.07) is 10.5. The number of carbonyl (C=O) groups is 1. The fourth-order valence-corrected chi connectivity index (χ4v) is 3.47. The fraction of sp³-hybridized carbons (Fsp3) is 0.611. The van der Waals surface area contributed by atoms with Gasteiger partial charge in [0, 0.05) is 19.1 Å². The molecule has 1 aromatic rings. The van der Waals surface area contributed by atoms with Crippen molar-refractivity contribution < 1.29 is 9.53 Å². The highest BCUT2D eigenvalue weighted by molar-refractivity contribution is 5.77. The molecule has 1 aromatic carbocycles. The van der Waals surface area contributed by atoms with Crippen LogP contribution in [0.3, 0.4) is 0 Å². The molecule has 0 radical (unpaired) electrons. The van der Waals surface area contributed by atoms with Gasteiger partial charge in [0.1, 0.15) is 6.61 Å². The lowest BCUT2D eigenvalue weighted by Gasteiger charge is -2.24. The first-order valence-corrected chi connectivity index (χ1v) is 8.21. The highest BCUT2D eigenvalue weighted by Crippen LogP contribution is 2.42. The summed E-state index contributed by atoms with van der Waals surface area (Å²) in [5.41, 5.74) is 1.11. The molecular formula is C18H26N2O2. The second kappa shape index (κ2) is 6.80. The number of likely N-dealkylation sites (tertiary alicyclic amines) is 1.